The van der Waals surface area contributed by atoms with Crippen molar-refractivity contribution >= 4 is 17.3 Å². The average molecular weight is 399 g/mol. The Bertz CT molecular complexity index is 1040. The van der Waals surface area contributed by atoms with Crippen LogP contribution in [0.15, 0.2) is 83.0 Å². The third kappa shape index (κ3) is 6.01. The number of carbonyl (C=O) groups is 1. The van der Waals surface area contributed by atoms with Crippen LogP contribution < -0.4 is 9.47 Å². The number of ether oxygens (including phenoxy) is 2. The van der Waals surface area contributed by atoms with Crippen molar-refractivity contribution in [2.75, 3.05) is 6.61 Å². The quantitative estimate of drug-likeness (QED) is 0.191. The molecule has 0 N–H and O–H groups in total. The summed E-state index contributed by atoms with van der Waals surface area (Å²) in [6, 6.07) is 22.5. The van der Waals surface area contributed by atoms with Crippen molar-refractivity contribution in [1.29, 1.82) is 5.26 Å². The molecule has 150 valence electrons. The van der Waals surface area contributed by atoms with Gasteiger partial charge in [-0.3, -0.25) is 0 Å². The summed E-state index contributed by atoms with van der Waals surface area (Å²) in [6.07, 6.45) is 2.06. The Hall–Kier alpha value is -3.98. The second-order valence-electron chi connectivity index (χ2n) is 6.47. The van der Waals surface area contributed by atoms with Gasteiger partial charge in [-0.1, -0.05) is 13.3 Å². The minimum atomic E-state index is -0.443. The fourth-order valence-corrected chi connectivity index (χ4v) is 2.49. The van der Waals surface area contributed by atoms with E-state index in [1.165, 1.54) is 0 Å². The van der Waals surface area contributed by atoms with Crippen LogP contribution in [0.25, 0.3) is 0 Å². The Balaban J connectivity index is 1.56. The molecule has 0 heterocycles. The summed E-state index contributed by atoms with van der Waals surface area (Å²) in [5.74, 6) is 0.708. The van der Waals surface area contributed by atoms with Crippen LogP contribution in [0.4, 0.5) is 11.4 Å². The summed E-state index contributed by atoms with van der Waals surface area (Å²) in [5, 5.41) is 17.1. The van der Waals surface area contributed by atoms with E-state index in [0.717, 1.165) is 18.6 Å². The third-order valence-corrected chi connectivity index (χ3v) is 4.18. The number of hydrogen-bond acceptors (Lipinski definition) is 6. The number of unbranched alkanes of at least 4 members (excludes halogenated alkanes) is 1. The smallest absolute Gasteiger partial charge is 0.343 e. The third-order valence-electron chi connectivity index (χ3n) is 4.18. The fraction of sp³-hybridized carbons (Fsp3) is 0.167. The molecule has 0 fully saturated rings. The first-order valence-corrected chi connectivity index (χ1v) is 9.65. The second kappa shape index (κ2) is 10.5. The zero-order chi connectivity index (χ0) is 21.2. The molecule has 3 aromatic rings. The van der Waals surface area contributed by atoms with Gasteiger partial charge < -0.3 is 9.47 Å². The zero-order valence-electron chi connectivity index (χ0n) is 16.6. The molecule has 0 atom stereocenters. The number of rotatable bonds is 8. The van der Waals surface area contributed by atoms with E-state index in [1.54, 1.807) is 72.8 Å². The Morgan fingerprint density at radius 3 is 2.00 bits per heavy atom. The first-order valence-electron chi connectivity index (χ1n) is 9.65. The van der Waals surface area contributed by atoms with E-state index in [2.05, 4.69) is 23.2 Å². The van der Waals surface area contributed by atoms with E-state index in [4.69, 9.17) is 14.7 Å². The van der Waals surface area contributed by atoms with Crippen molar-refractivity contribution in [2.24, 2.45) is 10.2 Å². The average Bonchev–Trinajstić information content (AvgIpc) is 2.79. The molecule has 30 heavy (non-hydrogen) atoms. The van der Waals surface area contributed by atoms with Crippen molar-refractivity contribution < 1.29 is 14.3 Å². The molecule has 0 aliphatic carbocycles. The van der Waals surface area contributed by atoms with E-state index in [9.17, 15) is 4.79 Å². The summed E-state index contributed by atoms with van der Waals surface area (Å²) in [6.45, 7) is 2.77. The minimum Gasteiger partial charge on any atom is -0.494 e. The van der Waals surface area contributed by atoms with E-state index in [-0.39, 0.29) is 0 Å². The lowest BCUT2D eigenvalue weighted by molar-refractivity contribution is 0.0734. The number of carbonyl (C=O) groups excluding carboxylic acids is 1. The second-order valence-corrected chi connectivity index (χ2v) is 6.47. The zero-order valence-corrected chi connectivity index (χ0v) is 16.6. The molecule has 0 aromatic heterocycles. The number of nitrogens with zero attached hydrogens (tertiary/aromatic N) is 3. The highest BCUT2D eigenvalue weighted by atomic mass is 16.5. The molecule has 0 saturated carbocycles. The van der Waals surface area contributed by atoms with Crippen LogP contribution in [0, 0.1) is 11.3 Å². The molecule has 0 aliphatic rings. The van der Waals surface area contributed by atoms with E-state index < -0.39 is 5.97 Å². The lowest BCUT2D eigenvalue weighted by atomic mass is 10.2. The first-order chi connectivity index (χ1) is 14.7. The first kappa shape index (κ1) is 20.7. The minimum absolute atomic E-state index is 0.417. The van der Waals surface area contributed by atoms with Crippen molar-refractivity contribution in [1.82, 2.24) is 0 Å². The van der Waals surface area contributed by atoms with Crippen molar-refractivity contribution in [3.8, 4) is 17.6 Å². The summed E-state index contributed by atoms with van der Waals surface area (Å²) >= 11 is 0. The van der Waals surface area contributed by atoms with Gasteiger partial charge in [0.1, 0.15) is 11.5 Å². The summed E-state index contributed by atoms with van der Waals surface area (Å²) in [5.41, 5.74) is 2.28. The normalized spacial score (nSPS) is 10.5. The van der Waals surface area contributed by atoms with Gasteiger partial charge in [0.25, 0.3) is 0 Å². The maximum absolute atomic E-state index is 12.3. The highest BCUT2D eigenvalue weighted by molar-refractivity contribution is 5.91. The Kier molecular flexibility index (Phi) is 7.28. The lowest BCUT2D eigenvalue weighted by Gasteiger charge is -2.07. The van der Waals surface area contributed by atoms with Crippen LogP contribution in [0.3, 0.4) is 0 Å². The molecule has 0 unspecified atom stereocenters. The van der Waals surface area contributed by atoms with Crippen LogP contribution in [0.1, 0.15) is 35.7 Å². The van der Waals surface area contributed by atoms with Crippen LogP contribution in [0.2, 0.25) is 0 Å². The molecule has 3 rings (SSSR count). The SMILES string of the molecule is CCCCOc1ccc(C(=O)Oc2ccc(N=Nc3ccc(C#N)cc3)cc2)cc1. The molecule has 0 amide bonds. The van der Waals surface area contributed by atoms with Gasteiger partial charge in [0, 0.05) is 0 Å². The summed E-state index contributed by atoms with van der Waals surface area (Å²) in [7, 11) is 0. The molecule has 0 spiro atoms. The van der Waals surface area contributed by atoms with Crippen LogP contribution in [0.5, 0.6) is 11.5 Å². The van der Waals surface area contributed by atoms with E-state index >= 15 is 0 Å². The highest BCUT2D eigenvalue weighted by Crippen LogP contribution is 2.22. The van der Waals surface area contributed by atoms with Crippen molar-refractivity contribution in [3.05, 3.63) is 83.9 Å². The number of esters is 1. The fourth-order valence-electron chi connectivity index (χ4n) is 2.49. The van der Waals surface area contributed by atoms with Gasteiger partial charge in [-0.15, -0.1) is 0 Å². The van der Waals surface area contributed by atoms with Gasteiger partial charge in [0.15, 0.2) is 0 Å². The number of benzene rings is 3. The lowest BCUT2D eigenvalue weighted by Crippen LogP contribution is -2.08. The number of nitriles is 1. The molecular weight excluding hydrogens is 378 g/mol. The van der Waals surface area contributed by atoms with E-state index in [0.29, 0.717) is 34.9 Å². The van der Waals surface area contributed by atoms with Crippen LogP contribution in [-0.4, -0.2) is 12.6 Å². The van der Waals surface area contributed by atoms with Gasteiger partial charge in [-0.05, 0) is 79.2 Å². The van der Waals surface area contributed by atoms with Crippen LogP contribution in [-0.2, 0) is 0 Å². The molecule has 6 nitrogen and oxygen atoms in total. The van der Waals surface area contributed by atoms with Crippen molar-refractivity contribution in [3.63, 3.8) is 0 Å². The predicted octanol–water partition coefficient (Wildman–Crippen LogP) is 6.37. The van der Waals surface area contributed by atoms with Crippen LogP contribution >= 0.6 is 0 Å². The number of hydrogen-bond donors (Lipinski definition) is 0. The maximum Gasteiger partial charge on any atom is 0.343 e. The summed E-state index contributed by atoms with van der Waals surface area (Å²) in [4.78, 5) is 12.3. The van der Waals surface area contributed by atoms with E-state index in [1.807, 2.05) is 0 Å². The number of azo groups is 1. The topological polar surface area (TPSA) is 84.0 Å². The molecular formula is C24H21N3O3. The van der Waals surface area contributed by atoms with Gasteiger partial charge >= 0.3 is 5.97 Å². The van der Waals surface area contributed by atoms with Crippen molar-refractivity contribution in [2.45, 2.75) is 19.8 Å². The molecule has 0 bridgehead atoms. The van der Waals surface area contributed by atoms with Gasteiger partial charge in [0.2, 0.25) is 0 Å². The van der Waals surface area contributed by atoms with Gasteiger partial charge in [0.05, 0.1) is 35.2 Å². The highest BCUT2D eigenvalue weighted by Gasteiger charge is 2.09. The Labute approximate surface area is 175 Å². The molecule has 0 aliphatic heterocycles. The van der Waals surface area contributed by atoms with Gasteiger partial charge in [-0.2, -0.15) is 15.5 Å². The monoisotopic (exact) mass is 399 g/mol. The largest absolute Gasteiger partial charge is 0.494 e. The summed E-state index contributed by atoms with van der Waals surface area (Å²) < 4.78 is 11.0. The molecule has 0 radical (unpaired) electrons. The molecule has 0 saturated heterocycles. The van der Waals surface area contributed by atoms with Gasteiger partial charge in [-0.25, -0.2) is 4.79 Å². The molecule has 6 heteroatoms. The standard InChI is InChI=1S/C24H21N3O3/c1-2-3-16-29-22-12-6-19(7-13-22)24(28)30-23-14-10-21(11-15-23)27-26-20-8-4-18(17-25)5-9-20/h4-15H,2-3,16H2,1H3. The Morgan fingerprint density at radius 1 is 0.867 bits per heavy atom. The maximum atomic E-state index is 12.3. The molecule has 3 aromatic carbocycles. The Morgan fingerprint density at radius 2 is 1.43 bits per heavy atom. The predicted molar refractivity (Wildman–Crippen MR) is 114 cm³/mol.